The minimum atomic E-state index is -0.548. The highest BCUT2D eigenvalue weighted by Crippen LogP contribution is 2.17. The Morgan fingerprint density at radius 3 is 2.71 bits per heavy atom. The molecule has 0 radical (unpaired) electrons. The highest BCUT2D eigenvalue weighted by Gasteiger charge is 2.24. The third kappa shape index (κ3) is 2.80. The lowest BCUT2D eigenvalue weighted by Crippen LogP contribution is -2.47. The number of aliphatic hydroxyl groups is 1. The van der Waals surface area contributed by atoms with Crippen molar-refractivity contribution in [3.8, 4) is 0 Å². The van der Waals surface area contributed by atoms with Gasteiger partial charge in [-0.25, -0.2) is 8.78 Å². The van der Waals surface area contributed by atoms with Crippen LogP contribution in [0.3, 0.4) is 0 Å². The van der Waals surface area contributed by atoms with E-state index >= 15 is 0 Å². The topological polar surface area (TPSA) is 32.7 Å². The molecule has 0 spiro atoms. The summed E-state index contributed by atoms with van der Waals surface area (Å²) in [5, 5.41) is 9.17. The van der Waals surface area contributed by atoms with Crippen LogP contribution in [-0.2, 0) is 11.3 Å². The highest BCUT2D eigenvalue weighted by molar-refractivity contribution is 5.19. The van der Waals surface area contributed by atoms with E-state index in [9.17, 15) is 8.78 Å². The predicted octanol–water partition coefficient (Wildman–Crippen LogP) is 1.16. The molecule has 0 aromatic heterocycles. The van der Waals surface area contributed by atoms with Gasteiger partial charge in [0.15, 0.2) is 0 Å². The van der Waals surface area contributed by atoms with E-state index in [4.69, 9.17) is 9.84 Å². The summed E-state index contributed by atoms with van der Waals surface area (Å²) < 4.78 is 32.2. The van der Waals surface area contributed by atoms with Crippen molar-refractivity contribution < 1.29 is 18.6 Å². The second kappa shape index (κ2) is 5.53. The van der Waals surface area contributed by atoms with Crippen LogP contribution in [0, 0.1) is 11.6 Å². The minimum absolute atomic E-state index is 0.0489. The molecule has 3 nitrogen and oxygen atoms in total. The summed E-state index contributed by atoms with van der Waals surface area (Å²) in [6.07, 6.45) is 0. The lowest BCUT2D eigenvalue weighted by molar-refractivity contribution is -0.0320. The van der Waals surface area contributed by atoms with Crippen molar-refractivity contribution in [3.63, 3.8) is 0 Å². The number of hydrogen-bond donors (Lipinski definition) is 1. The zero-order valence-electron chi connectivity index (χ0n) is 9.40. The monoisotopic (exact) mass is 243 g/mol. The number of aliphatic hydroxyl groups excluding tert-OH is 1. The van der Waals surface area contributed by atoms with Gasteiger partial charge < -0.3 is 9.84 Å². The summed E-state index contributed by atoms with van der Waals surface area (Å²) in [7, 11) is 0. The number of ether oxygens (including phenoxy) is 1. The van der Waals surface area contributed by atoms with Gasteiger partial charge in [0, 0.05) is 18.7 Å². The van der Waals surface area contributed by atoms with Gasteiger partial charge in [-0.05, 0) is 12.1 Å². The van der Waals surface area contributed by atoms with E-state index in [2.05, 4.69) is 0 Å². The van der Waals surface area contributed by atoms with Crippen molar-refractivity contribution in [3.05, 3.63) is 35.4 Å². The normalized spacial score (nSPS) is 21.7. The second-order valence-corrected chi connectivity index (χ2v) is 4.08. The van der Waals surface area contributed by atoms with Crippen LogP contribution in [0.25, 0.3) is 0 Å². The summed E-state index contributed by atoms with van der Waals surface area (Å²) >= 11 is 0. The molecule has 1 N–H and O–H groups in total. The zero-order chi connectivity index (χ0) is 12.3. The van der Waals surface area contributed by atoms with E-state index < -0.39 is 11.6 Å². The van der Waals surface area contributed by atoms with Gasteiger partial charge in [0.05, 0.1) is 25.9 Å². The van der Waals surface area contributed by atoms with Crippen molar-refractivity contribution in [1.29, 1.82) is 0 Å². The molecule has 1 aromatic rings. The molecule has 0 aliphatic carbocycles. The first-order valence-electron chi connectivity index (χ1n) is 5.58. The van der Waals surface area contributed by atoms with Crippen LogP contribution in [-0.4, -0.2) is 42.4 Å². The maximum atomic E-state index is 13.5. The molecule has 1 heterocycles. The van der Waals surface area contributed by atoms with Crippen LogP contribution >= 0.6 is 0 Å². The second-order valence-electron chi connectivity index (χ2n) is 4.08. The first-order valence-corrected chi connectivity index (χ1v) is 5.58. The van der Waals surface area contributed by atoms with Crippen LogP contribution in [0.5, 0.6) is 0 Å². The van der Waals surface area contributed by atoms with Crippen LogP contribution in [0.15, 0.2) is 18.2 Å². The molecular weight excluding hydrogens is 228 g/mol. The van der Waals surface area contributed by atoms with Crippen molar-refractivity contribution >= 4 is 0 Å². The summed E-state index contributed by atoms with van der Waals surface area (Å²) in [6.45, 7) is 1.57. The Labute approximate surface area is 98.6 Å². The average Bonchev–Trinajstić information content (AvgIpc) is 2.34. The van der Waals surface area contributed by atoms with Crippen molar-refractivity contribution in [1.82, 2.24) is 4.90 Å². The molecule has 1 aliphatic heterocycles. The summed E-state index contributed by atoms with van der Waals surface area (Å²) in [5.74, 6) is -1.10. The molecule has 0 bridgehead atoms. The standard InChI is InChI=1S/C12H15F2NO2/c13-11-2-1-3-12(14)10(11)6-15-4-5-17-8-9(15)7-16/h1-3,9,16H,4-8H2/t9-/m0/s1. The number of rotatable bonds is 3. The van der Waals surface area contributed by atoms with Gasteiger partial charge in [0.2, 0.25) is 0 Å². The fourth-order valence-corrected chi connectivity index (χ4v) is 1.95. The molecule has 94 valence electrons. The third-order valence-electron chi connectivity index (χ3n) is 2.98. The molecular formula is C12H15F2NO2. The Hall–Kier alpha value is -1.04. The molecule has 1 atom stereocenters. The summed E-state index contributed by atoms with van der Waals surface area (Å²) in [4.78, 5) is 1.84. The quantitative estimate of drug-likeness (QED) is 0.864. The van der Waals surface area contributed by atoms with Crippen molar-refractivity contribution in [2.75, 3.05) is 26.4 Å². The Balaban J connectivity index is 2.13. The van der Waals surface area contributed by atoms with Gasteiger partial charge in [-0.3, -0.25) is 4.90 Å². The lowest BCUT2D eigenvalue weighted by Gasteiger charge is -2.34. The van der Waals surface area contributed by atoms with E-state index in [1.165, 1.54) is 18.2 Å². The zero-order valence-corrected chi connectivity index (χ0v) is 9.40. The van der Waals surface area contributed by atoms with E-state index in [1.807, 2.05) is 4.90 Å². The first kappa shape index (κ1) is 12.4. The van der Waals surface area contributed by atoms with E-state index in [-0.39, 0.29) is 24.8 Å². The maximum absolute atomic E-state index is 13.5. The van der Waals surface area contributed by atoms with Gasteiger partial charge in [0.25, 0.3) is 0 Å². The number of halogens is 2. The van der Waals surface area contributed by atoms with E-state index in [0.29, 0.717) is 19.8 Å². The number of benzene rings is 1. The van der Waals surface area contributed by atoms with E-state index in [0.717, 1.165) is 0 Å². The summed E-state index contributed by atoms with van der Waals surface area (Å²) in [5.41, 5.74) is 0.0489. The number of nitrogens with zero attached hydrogens (tertiary/aromatic N) is 1. The molecule has 1 fully saturated rings. The third-order valence-corrected chi connectivity index (χ3v) is 2.98. The van der Waals surface area contributed by atoms with Crippen LogP contribution in [0.1, 0.15) is 5.56 Å². The molecule has 0 saturated carbocycles. The smallest absolute Gasteiger partial charge is 0.130 e. The highest BCUT2D eigenvalue weighted by atomic mass is 19.1. The molecule has 17 heavy (non-hydrogen) atoms. The van der Waals surface area contributed by atoms with E-state index in [1.54, 1.807) is 0 Å². The largest absolute Gasteiger partial charge is 0.395 e. The summed E-state index contributed by atoms with van der Waals surface area (Å²) in [6, 6.07) is 3.64. The predicted molar refractivity (Wildman–Crippen MR) is 58.5 cm³/mol. The van der Waals surface area contributed by atoms with Crippen LogP contribution in [0.2, 0.25) is 0 Å². The molecule has 1 aliphatic rings. The van der Waals surface area contributed by atoms with Gasteiger partial charge in [-0.1, -0.05) is 6.07 Å². The minimum Gasteiger partial charge on any atom is -0.395 e. The maximum Gasteiger partial charge on any atom is 0.130 e. The van der Waals surface area contributed by atoms with Gasteiger partial charge in [0.1, 0.15) is 11.6 Å². The Morgan fingerprint density at radius 2 is 2.06 bits per heavy atom. The van der Waals surface area contributed by atoms with Crippen LogP contribution < -0.4 is 0 Å². The van der Waals surface area contributed by atoms with Crippen molar-refractivity contribution in [2.24, 2.45) is 0 Å². The molecule has 2 rings (SSSR count). The lowest BCUT2D eigenvalue weighted by atomic mass is 10.1. The Kier molecular flexibility index (Phi) is 4.04. The molecule has 1 saturated heterocycles. The number of morpholine rings is 1. The SMILES string of the molecule is OC[C@H]1COCCN1Cc1c(F)cccc1F. The van der Waals surface area contributed by atoms with Gasteiger partial charge in [-0.2, -0.15) is 0 Å². The fourth-order valence-electron chi connectivity index (χ4n) is 1.95. The van der Waals surface area contributed by atoms with Crippen molar-refractivity contribution in [2.45, 2.75) is 12.6 Å². The molecule has 5 heteroatoms. The van der Waals surface area contributed by atoms with Gasteiger partial charge in [-0.15, -0.1) is 0 Å². The Bertz CT molecular complexity index is 367. The molecule has 0 unspecified atom stereocenters. The Morgan fingerprint density at radius 1 is 1.35 bits per heavy atom. The first-order chi connectivity index (χ1) is 8.22. The number of hydrogen-bond acceptors (Lipinski definition) is 3. The molecule has 0 amide bonds. The fraction of sp³-hybridized carbons (Fsp3) is 0.500. The average molecular weight is 243 g/mol. The van der Waals surface area contributed by atoms with Crippen LogP contribution in [0.4, 0.5) is 8.78 Å². The molecule has 1 aromatic carbocycles. The van der Waals surface area contributed by atoms with Gasteiger partial charge >= 0.3 is 0 Å².